The number of carbonyl (C=O) groups excluding carboxylic acids is 1. The molecule has 3 aromatic heterocycles. The van der Waals surface area contributed by atoms with Crippen LogP contribution in [0.4, 0.5) is 0 Å². The van der Waals surface area contributed by atoms with Gasteiger partial charge in [-0.25, -0.2) is 9.97 Å². The third-order valence-corrected chi connectivity index (χ3v) is 11.8. The van der Waals surface area contributed by atoms with Crippen molar-refractivity contribution < 1.29 is 34.4 Å². The van der Waals surface area contributed by atoms with Gasteiger partial charge in [0.1, 0.15) is 11.8 Å². The van der Waals surface area contributed by atoms with E-state index < -0.39 is 0 Å². The van der Waals surface area contributed by atoms with Crippen LogP contribution >= 0.6 is 11.3 Å². The van der Waals surface area contributed by atoms with E-state index in [1.165, 1.54) is 21.9 Å². The minimum atomic E-state index is -0.0157. The van der Waals surface area contributed by atoms with Gasteiger partial charge in [-0.2, -0.15) is 0 Å². The third-order valence-electron chi connectivity index (χ3n) is 10.3. The van der Waals surface area contributed by atoms with E-state index in [4.69, 9.17) is 19.4 Å². The second-order valence-corrected chi connectivity index (χ2v) is 18.4. The van der Waals surface area contributed by atoms with Crippen molar-refractivity contribution in [1.82, 2.24) is 15.0 Å². The molecule has 8 heteroatoms. The van der Waals surface area contributed by atoms with Crippen LogP contribution in [0.15, 0.2) is 71.1 Å². The molecule has 6 rings (SSSR count). The summed E-state index contributed by atoms with van der Waals surface area (Å²) in [4.78, 5) is 27.6. The number of aliphatic hydroxyl groups is 1. The number of hydrogen-bond acceptors (Lipinski definition) is 7. The number of carbonyl (C=O) groups is 1. The van der Waals surface area contributed by atoms with Gasteiger partial charge in [-0.3, -0.25) is 9.78 Å². The number of rotatable bonds is 11. The van der Waals surface area contributed by atoms with Crippen LogP contribution in [0.25, 0.3) is 54.5 Å². The van der Waals surface area contributed by atoms with Crippen molar-refractivity contribution in [2.75, 3.05) is 0 Å². The van der Waals surface area contributed by atoms with Crippen LogP contribution in [-0.2, 0) is 36.7 Å². The molecule has 0 aliphatic rings. The number of allylic oxidation sites excluding steroid dienone is 2. The average molecular weight is 951 g/mol. The van der Waals surface area contributed by atoms with Gasteiger partial charge in [0, 0.05) is 65.3 Å². The Balaban J connectivity index is 0.000000372. The normalized spacial score (nSPS) is 12.5. The number of thiophene rings is 1. The number of hydrogen-bond donors (Lipinski definition) is 1. The molecular weight excluding hydrogens is 891 g/mol. The van der Waals surface area contributed by atoms with Gasteiger partial charge in [0.2, 0.25) is 0 Å². The zero-order valence-corrected chi connectivity index (χ0v) is 38.6. The molecule has 0 unspecified atom stereocenters. The van der Waals surface area contributed by atoms with E-state index in [1.54, 1.807) is 17.7 Å². The first-order chi connectivity index (χ1) is 26.0. The summed E-state index contributed by atoms with van der Waals surface area (Å²) in [5, 5.41) is 12.1. The van der Waals surface area contributed by atoms with Crippen molar-refractivity contribution in [3.63, 3.8) is 0 Å². The minimum Gasteiger partial charge on any atom is -0.512 e. The molecule has 0 atom stereocenters. The number of aromatic nitrogens is 3. The van der Waals surface area contributed by atoms with Crippen LogP contribution in [0, 0.1) is 23.3 Å². The Hall–Kier alpha value is -3.71. The van der Waals surface area contributed by atoms with E-state index in [2.05, 4.69) is 104 Å². The Kier molecular flexibility index (Phi) is 15.0. The Labute approximate surface area is 352 Å². The fourth-order valence-electron chi connectivity index (χ4n) is 7.22. The van der Waals surface area contributed by atoms with Gasteiger partial charge in [-0.15, -0.1) is 40.5 Å². The molecule has 3 aromatic carbocycles. The van der Waals surface area contributed by atoms with E-state index in [9.17, 15) is 9.90 Å². The molecule has 0 bridgehead atoms. The second kappa shape index (κ2) is 18.7. The number of aliphatic hydroxyl groups excluding tert-OH is 1. The Morgan fingerprint density at radius 2 is 1.57 bits per heavy atom. The monoisotopic (exact) mass is 951 g/mol. The van der Waals surface area contributed by atoms with Crippen LogP contribution in [-0.4, -0.2) is 25.8 Å². The first kappa shape index (κ1) is 45.0. The summed E-state index contributed by atoms with van der Waals surface area (Å²) < 4.78 is 7.19. The molecule has 0 aliphatic carbocycles. The van der Waals surface area contributed by atoms with Crippen molar-refractivity contribution in [1.29, 1.82) is 0 Å². The molecule has 6 nitrogen and oxygen atoms in total. The summed E-state index contributed by atoms with van der Waals surface area (Å²) in [6.45, 7) is 26.0. The van der Waals surface area contributed by atoms with Gasteiger partial charge in [0.15, 0.2) is 17.3 Å². The number of fused-ring (bicyclic) bond motifs is 3. The molecule has 0 aliphatic heterocycles. The van der Waals surface area contributed by atoms with Crippen molar-refractivity contribution >= 4 is 49.2 Å². The first-order valence-electron chi connectivity index (χ1n) is 20.1. The van der Waals surface area contributed by atoms with Crippen LogP contribution in [0.5, 0.6) is 0 Å². The Morgan fingerprint density at radius 3 is 2.18 bits per heavy atom. The van der Waals surface area contributed by atoms with Crippen molar-refractivity contribution in [2.45, 2.75) is 127 Å². The van der Waals surface area contributed by atoms with Crippen LogP contribution in [0.2, 0.25) is 0 Å². The van der Waals surface area contributed by atoms with Crippen molar-refractivity contribution in [3.8, 4) is 22.4 Å². The maximum absolute atomic E-state index is 11.7. The topological polar surface area (TPSA) is 89.1 Å². The molecule has 0 saturated carbocycles. The van der Waals surface area contributed by atoms with E-state index in [-0.39, 0.29) is 54.3 Å². The molecule has 0 saturated heterocycles. The Bertz CT molecular complexity index is 2300. The maximum Gasteiger partial charge on any atom is 0.195 e. The predicted octanol–water partition coefficient (Wildman–Crippen LogP) is 14.0. The fourth-order valence-corrected chi connectivity index (χ4v) is 8.50. The molecule has 1 radical (unpaired) electrons. The van der Waals surface area contributed by atoms with Gasteiger partial charge in [0.05, 0.1) is 11.3 Å². The molecule has 301 valence electrons. The van der Waals surface area contributed by atoms with Crippen LogP contribution in [0.1, 0.15) is 131 Å². The van der Waals surface area contributed by atoms with Gasteiger partial charge < -0.3 is 9.52 Å². The molecule has 1 N–H and O–H groups in total. The third kappa shape index (κ3) is 10.2. The van der Waals surface area contributed by atoms with Crippen LogP contribution < -0.4 is 0 Å². The molecule has 56 heavy (non-hydrogen) atoms. The summed E-state index contributed by atoms with van der Waals surface area (Å²) in [7, 11) is 0. The zero-order valence-electron chi connectivity index (χ0n) is 35.4. The summed E-state index contributed by atoms with van der Waals surface area (Å²) in [5.74, 6) is 1.66. The zero-order chi connectivity index (χ0) is 40.2. The molecule has 6 aromatic rings. The molecule has 0 fully saturated rings. The predicted molar refractivity (Wildman–Crippen MR) is 232 cm³/mol. The summed E-state index contributed by atoms with van der Waals surface area (Å²) in [6.07, 6.45) is 7.41. The quantitative estimate of drug-likeness (QED) is 0.0791. The fraction of sp³-hybridized carbons (Fsp3) is 0.458. The SMILES string of the molecule is CC(C)c1sc2c(-c3[c-]c4ccccc4c(C(C)(C)C)c3)ncnc2c1-c1ccc2oc(CC(C)(C)C)nc2c1.CCC(CC)C(=O)/C=C(\O)C(CC)CC.[Ir]. The molecule has 3 heterocycles. The number of nitrogens with zero attached hydrogens (tertiary/aromatic N) is 3. The van der Waals surface area contributed by atoms with Gasteiger partial charge in [0.25, 0.3) is 0 Å². The number of ketones is 1. The Morgan fingerprint density at radius 1 is 0.911 bits per heavy atom. The maximum atomic E-state index is 11.7. The van der Waals surface area contributed by atoms with E-state index in [0.717, 1.165) is 87.1 Å². The summed E-state index contributed by atoms with van der Waals surface area (Å²) >= 11 is 1.80. The standard InChI is InChI=1S/C35H36N3OS.C13H24O2.Ir/c1-20(2)32-29(22-13-14-27-26(17-22)38-28(39-27)18-34(3,4)5)31-33(40-32)30(36-19-37-31)23-15-21-11-9-10-12-24(21)25(16-23)35(6,7)8;1-5-10(6-2)12(14)9-13(15)11(7-3)8-4;/h9-14,16-17,19-20H,18H2,1-8H3;9-11,14H,5-8H2,1-4H3;/q-1;;/b;12-9-;. The summed E-state index contributed by atoms with van der Waals surface area (Å²) in [6, 6.07) is 20.8. The van der Waals surface area contributed by atoms with E-state index in [1.807, 2.05) is 33.8 Å². The van der Waals surface area contributed by atoms with Crippen molar-refractivity contribution in [3.05, 3.63) is 89.1 Å². The largest absolute Gasteiger partial charge is 0.512 e. The first-order valence-corrected chi connectivity index (χ1v) is 20.9. The minimum absolute atomic E-state index is 0. The number of benzene rings is 3. The van der Waals surface area contributed by atoms with Gasteiger partial charge >= 0.3 is 0 Å². The smallest absolute Gasteiger partial charge is 0.195 e. The second-order valence-electron chi connectivity index (χ2n) is 17.3. The van der Waals surface area contributed by atoms with Crippen molar-refractivity contribution in [2.24, 2.45) is 17.3 Å². The van der Waals surface area contributed by atoms with Crippen LogP contribution in [0.3, 0.4) is 0 Å². The van der Waals surface area contributed by atoms with E-state index >= 15 is 0 Å². The van der Waals surface area contributed by atoms with E-state index in [0.29, 0.717) is 5.92 Å². The molecule has 0 spiro atoms. The summed E-state index contributed by atoms with van der Waals surface area (Å²) in [5.41, 5.74) is 8.31. The average Bonchev–Trinajstić information content (AvgIpc) is 3.72. The van der Waals surface area contributed by atoms with Gasteiger partial charge in [-0.05, 0) is 60.1 Å². The molecule has 0 amide bonds. The van der Waals surface area contributed by atoms with Gasteiger partial charge in [-0.1, -0.05) is 118 Å². The molecular formula is C48H60IrN3O3S-. The number of oxazole rings is 1.